The molecule has 0 aromatic carbocycles. The maximum atomic E-state index is 12.4. The number of carbonyl (C=O) groups excluding carboxylic acids is 1. The first-order valence-corrected chi connectivity index (χ1v) is 7.06. The van der Waals surface area contributed by atoms with Gasteiger partial charge in [-0.3, -0.25) is 14.9 Å². The molecule has 1 amide bonds. The summed E-state index contributed by atoms with van der Waals surface area (Å²) in [5.41, 5.74) is 0.321. The zero-order valence-corrected chi connectivity index (χ0v) is 12.5. The number of carbonyl (C=O) groups is 1. The van der Waals surface area contributed by atoms with Gasteiger partial charge in [0.2, 0.25) is 0 Å². The Morgan fingerprint density at radius 1 is 1.58 bits per heavy atom. The van der Waals surface area contributed by atoms with Crippen molar-refractivity contribution in [2.75, 3.05) is 13.1 Å². The van der Waals surface area contributed by atoms with Crippen LogP contribution in [0.2, 0.25) is 0 Å². The summed E-state index contributed by atoms with van der Waals surface area (Å²) in [7, 11) is 1.65. The predicted molar refractivity (Wildman–Crippen MR) is 74.5 cm³/mol. The van der Waals surface area contributed by atoms with E-state index < -0.39 is 4.92 Å². The van der Waals surface area contributed by atoms with Crippen molar-refractivity contribution in [2.24, 2.45) is 13.0 Å². The van der Waals surface area contributed by atoms with Crippen LogP contribution in [0.25, 0.3) is 0 Å². The first-order valence-electron chi connectivity index (χ1n) is 6.14. The number of likely N-dealkylation sites (tertiary alicyclic amines) is 1. The van der Waals surface area contributed by atoms with E-state index in [2.05, 4.69) is 22.9 Å². The fourth-order valence-electron chi connectivity index (χ4n) is 2.32. The highest BCUT2D eigenvalue weighted by molar-refractivity contribution is 9.09. The summed E-state index contributed by atoms with van der Waals surface area (Å²) < 4.78 is 1.52. The van der Waals surface area contributed by atoms with Crippen molar-refractivity contribution >= 4 is 27.5 Å². The van der Waals surface area contributed by atoms with Crippen LogP contribution < -0.4 is 0 Å². The van der Waals surface area contributed by atoms with Gasteiger partial charge >= 0.3 is 0 Å². The number of aromatic nitrogens is 1. The number of alkyl halides is 1. The Bertz CT molecular complexity index is 514. The van der Waals surface area contributed by atoms with Crippen LogP contribution in [0, 0.1) is 16.0 Å². The third-order valence-electron chi connectivity index (χ3n) is 3.51. The highest BCUT2D eigenvalue weighted by Gasteiger charge is 2.29. The van der Waals surface area contributed by atoms with Gasteiger partial charge < -0.3 is 9.47 Å². The molecule has 2 rings (SSSR count). The van der Waals surface area contributed by atoms with Crippen molar-refractivity contribution in [3.05, 3.63) is 28.1 Å². The monoisotopic (exact) mass is 329 g/mol. The number of rotatable bonds is 2. The molecule has 0 spiro atoms. The maximum absolute atomic E-state index is 12.4. The number of amides is 1. The number of halogens is 1. The van der Waals surface area contributed by atoms with E-state index in [9.17, 15) is 14.9 Å². The molecule has 0 bridgehead atoms. The molecule has 104 valence electrons. The largest absolute Gasteiger partial charge is 0.340 e. The smallest absolute Gasteiger partial charge is 0.287 e. The Labute approximate surface area is 119 Å². The summed E-state index contributed by atoms with van der Waals surface area (Å²) >= 11 is 3.59. The summed E-state index contributed by atoms with van der Waals surface area (Å²) in [6.07, 6.45) is 2.27. The molecule has 19 heavy (non-hydrogen) atoms. The molecule has 1 aliphatic heterocycles. The summed E-state index contributed by atoms with van der Waals surface area (Å²) in [5, 5.41) is 10.7. The molecular formula is C12H16BrN3O3. The summed E-state index contributed by atoms with van der Waals surface area (Å²) in [5.74, 6) is 0.245. The summed E-state index contributed by atoms with van der Waals surface area (Å²) in [6, 6.07) is 1.34. The topological polar surface area (TPSA) is 68.4 Å². The lowest BCUT2D eigenvalue weighted by atomic mass is 10.00. The van der Waals surface area contributed by atoms with E-state index in [1.807, 2.05) is 0 Å². The Hall–Kier alpha value is -1.37. The fraction of sp³-hybridized carbons (Fsp3) is 0.583. The van der Waals surface area contributed by atoms with Gasteiger partial charge in [0.1, 0.15) is 5.69 Å². The molecule has 0 N–H and O–H groups in total. The van der Waals surface area contributed by atoms with Crippen LogP contribution in [0.4, 0.5) is 5.69 Å². The number of nitro groups is 1. The maximum Gasteiger partial charge on any atom is 0.287 e. The van der Waals surface area contributed by atoms with Crippen LogP contribution in [0.1, 0.15) is 23.8 Å². The minimum Gasteiger partial charge on any atom is -0.340 e. The second kappa shape index (κ2) is 5.32. The standard InChI is InChI=1S/C12H16BrN3O3/c1-8-6-15(4-3-10(8)13)12(17)11-5-9(16(18)19)7-14(11)2/h5,7-8,10H,3-4,6H2,1-2H3. The van der Waals surface area contributed by atoms with Gasteiger partial charge in [0.15, 0.2) is 0 Å². The van der Waals surface area contributed by atoms with Crippen LogP contribution in [0.3, 0.4) is 0 Å². The molecule has 0 radical (unpaired) electrons. The molecule has 2 atom stereocenters. The Morgan fingerprint density at radius 3 is 2.79 bits per heavy atom. The van der Waals surface area contributed by atoms with Crippen molar-refractivity contribution in [3.63, 3.8) is 0 Å². The van der Waals surface area contributed by atoms with Crippen molar-refractivity contribution in [1.82, 2.24) is 9.47 Å². The van der Waals surface area contributed by atoms with Gasteiger partial charge in [-0.05, 0) is 12.3 Å². The van der Waals surface area contributed by atoms with E-state index in [4.69, 9.17) is 0 Å². The Morgan fingerprint density at radius 2 is 2.26 bits per heavy atom. The third kappa shape index (κ3) is 2.80. The summed E-state index contributed by atoms with van der Waals surface area (Å²) in [4.78, 5) is 24.8. The SMILES string of the molecule is CC1CN(C(=O)c2cc([N+](=O)[O-])cn2C)CCC1Br. The molecule has 0 aliphatic carbocycles. The quantitative estimate of drug-likeness (QED) is 0.474. The Balaban J connectivity index is 2.18. The van der Waals surface area contributed by atoms with E-state index in [0.717, 1.165) is 6.42 Å². The lowest BCUT2D eigenvalue weighted by Crippen LogP contribution is -2.43. The van der Waals surface area contributed by atoms with E-state index >= 15 is 0 Å². The molecule has 7 heteroatoms. The Kier molecular flexibility index (Phi) is 3.93. The molecule has 1 fully saturated rings. The van der Waals surface area contributed by atoms with Crippen LogP contribution in [-0.4, -0.2) is 38.2 Å². The second-order valence-corrected chi connectivity index (χ2v) is 6.16. The van der Waals surface area contributed by atoms with Crippen LogP contribution in [0.5, 0.6) is 0 Å². The molecular weight excluding hydrogens is 314 g/mol. The van der Waals surface area contributed by atoms with Crippen molar-refractivity contribution in [3.8, 4) is 0 Å². The van der Waals surface area contributed by atoms with E-state index in [-0.39, 0.29) is 11.6 Å². The van der Waals surface area contributed by atoms with Crippen LogP contribution in [0.15, 0.2) is 12.3 Å². The normalized spacial score (nSPS) is 23.4. The first kappa shape index (κ1) is 14.0. The predicted octanol–water partition coefficient (Wildman–Crippen LogP) is 2.18. The minimum atomic E-state index is -0.482. The van der Waals surface area contributed by atoms with Crippen molar-refractivity contribution in [1.29, 1.82) is 0 Å². The molecule has 1 aliphatic rings. The lowest BCUT2D eigenvalue weighted by molar-refractivity contribution is -0.384. The number of hydrogen-bond donors (Lipinski definition) is 0. The van der Waals surface area contributed by atoms with Gasteiger partial charge in [0.05, 0.1) is 11.1 Å². The number of aryl methyl sites for hydroxylation is 1. The molecule has 2 heterocycles. The van der Waals surface area contributed by atoms with Crippen LogP contribution >= 0.6 is 15.9 Å². The molecule has 1 aromatic heterocycles. The molecule has 6 nitrogen and oxygen atoms in total. The fourth-order valence-corrected chi connectivity index (χ4v) is 2.69. The van der Waals surface area contributed by atoms with Gasteiger partial charge in [0.25, 0.3) is 11.6 Å². The van der Waals surface area contributed by atoms with Gasteiger partial charge in [-0.15, -0.1) is 0 Å². The van der Waals surface area contributed by atoms with Gasteiger partial charge in [0, 0.05) is 31.0 Å². The van der Waals surface area contributed by atoms with Gasteiger partial charge in [-0.25, -0.2) is 0 Å². The number of hydrogen-bond acceptors (Lipinski definition) is 3. The first-order chi connectivity index (χ1) is 8.90. The molecule has 2 unspecified atom stereocenters. The van der Waals surface area contributed by atoms with E-state index in [0.29, 0.717) is 29.5 Å². The minimum absolute atomic E-state index is 0.0470. The second-order valence-electron chi connectivity index (χ2n) is 4.98. The van der Waals surface area contributed by atoms with Crippen molar-refractivity contribution < 1.29 is 9.72 Å². The van der Waals surface area contributed by atoms with Gasteiger partial charge in [-0.2, -0.15) is 0 Å². The molecule has 0 saturated carbocycles. The molecule has 1 saturated heterocycles. The summed E-state index contributed by atoms with van der Waals surface area (Å²) in [6.45, 7) is 3.44. The average Bonchev–Trinajstić information content (AvgIpc) is 2.74. The zero-order chi connectivity index (χ0) is 14.2. The van der Waals surface area contributed by atoms with Gasteiger partial charge in [-0.1, -0.05) is 22.9 Å². The van der Waals surface area contributed by atoms with Crippen LogP contribution in [-0.2, 0) is 7.05 Å². The number of piperidine rings is 1. The van der Waals surface area contributed by atoms with Crippen molar-refractivity contribution in [2.45, 2.75) is 18.2 Å². The van der Waals surface area contributed by atoms with E-state index in [1.165, 1.54) is 16.8 Å². The average molecular weight is 330 g/mol. The third-order valence-corrected chi connectivity index (χ3v) is 4.87. The van der Waals surface area contributed by atoms with E-state index in [1.54, 1.807) is 11.9 Å². The zero-order valence-electron chi connectivity index (χ0n) is 10.9. The molecule has 1 aromatic rings. The highest BCUT2D eigenvalue weighted by atomic mass is 79.9. The lowest BCUT2D eigenvalue weighted by Gasteiger charge is -2.34. The highest BCUT2D eigenvalue weighted by Crippen LogP contribution is 2.25. The number of nitrogens with zero attached hydrogens (tertiary/aromatic N) is 3.